The fourth-order valence-electron chi connectivity index (χ4n) is 0.904. The van der Waals surface area contributed by atoms with Gasteiger partial charge in [0.05, 0.1) is 18.8 Å². The third-order valence-corrected chi connectivity index (χ3v) is 1.55. The van der Waals surface area contributed by atoms with Crippen LogP contribution in [0.1, 0.15) is 18.7 Å². The lowest BCUT2D eigenvalue weighted by atomic mass is 10.2. The predicted octanol–water partition coefficient (Wildman–Crippen LogP) is 2.20. The molecule has 0 aliphatic rings. The number of hydrogen-bond acceptors (Lipinski definition) is 2. The van der Waals surface area contributed by atoms with E-state index in [-0.39, 0.29) is 12.6 Å². The Balaban J connectivity index is 2.34. The molecule has 1 aromatic heterocycles. The summed E-state index contributed by atoms with van der Waals surface area (Å²) in [5, 5.41) is 2.64. The number of furan rings is 1. The Morgan fingerprint density at radius 3 is 2.83 bits per heavy atom. The van der Waals surface area contributed by atoms with E-state index >= 15 is 0 Å². The molecule has 12 heavy (non-hydrogen) atoms. The summed E-state index contributed by atoms with van der Waals surface area (Å²) in [5.74, 6) is 0.677. The van der Waals surface area contributed by atoms with Gasteiger partial charge < -0.3 is 9.73 Å². The lowest BCUT2D eigenvalue weighted by Gasteiger charge is -2.09. The highest BCUT2D eigenvalue weighted by molar-refractivity contribution is 5.02. The Labute approximate surface area is 69.6 Å². The summed E-state index contributed by atoms with van der Waals surface area (Å²) in [6.45, 7) is 1.48. The first-order valence-electron chi connectivity index (χ1n) is 3.75. The summed E-state index contributed by atoms with van der Waals surface area (Å²) in [4.78, 5) is 0. The van der Waals surface area contributed by atoms with Crippen molar-refractivity contribution in [3.05, 3.63) is 24.2 Å². The van der Waals surface area contributed by atoms with Crippen LogP contribution in [0, 0.1) is 0 Å². The highest BCUT2D eigenvalue weighted by atomic mass is 19.3. The van der Waals surface area contributed by atoms with E-state index in [4.69, 9.17) is 4.42 Å². The largest absolute Gasteiger partial charge is 0.468 e. The molecule has 1 rings (SSSR count). The molecular formula is C8H11F2NO. The minimum Gasteiger partial charge on any atom is -0.468 e. The molecular weight excluding hydrogens is 164 g/mol. The van der Waals surface area contributed by atoms with Crippen LogP contribution >= 0.6 is 0 Å². The molecule has 0 aliphatic carbocycles. The van der Waals surface area contributed by atoms with Gasteiger partial charge in [-0.1, -0.05) is 0 Å². The fourth-order valence-corrected chi connectivity index (χ4v) is 0.904. The van der Waals surface area contributed by atoms with Gasteiger partial charge in [0.25, 0.3) is 6.43 Å². The van der Waals surface area contributed by atoms with Crippen LogP contribution in [0.2, 0.25) is 0 Å². The van der Waals surface area contributed by atoms with Gasteiger partial charge in [0.15, 0.2) is 0 Å². The first-order valence-corrected chi connectivity index (χ1v) is 3.75. The van der Waals surface area contributed by atoms with Crippen molar-refractivity contribution in [2.24, 2.45) is 0 Å². The van der Waals surface area contributed by atoms with Gasteiger partial charge in [-0.05, 0) is 19.1 Å². The summed E-state index contributed by atoms with van der Waals surface area (Å²) in [6, 6.07) is 3.33. The number of hydrogen-bond donors (Lipinski definition) is 1. The van der Waals surface area contributed by atoms with Crippen LogP contribution in [0.3, 0.4) is 0 Å². The Bertz CT molecular complexity index is 211. The molecule has 68 valence electrons. The summed E-state index contributed by atoms with van der Waals surface area (Å²) in [6.07, 6.45) is -0.794. The molecule has 0 bridgehead atoms. The van der Waals surface area contributed by atoms with Gasteiger partial charge >= 0.3 is 0 Å². The quantitative estimate of drug-likeness (QED) is 0.758. The molecule has 0 spiro atoms. The molecule has 0 saturated carbocycles. The molecule has 1 heterocycles. The molecule has 1 atom stereocenters. The van der Waals surface area contributed by atoms with E-state index in [0.717, 1.165) is 0 Å². The van der Waals surface area contributed by atoms with Gasteiger partial charge in [0.1, 0.15) is 5.76 Å². The number of halogens is 2. The maximum Gasteiger partial charge on any atom is 0.250 e. The van der Waals surface area contributed by atoms with Gasteiger partial charge in [-0.25, -0.2) is 8.78 Å². The summed E-state index contributed by atoms with van der Waals surface area (Å²) in [7, 11) is 0. The Morgan fingerprint density at radius 2 is 2.33 bits per heavy atom. The minimum atomic E-state index is -2.32. The van der Waals surface area contributed by atoms with Crippen molar-refractivity contribution in [1.29, 1.82) is 0 Å². The molecule has 0 aromatic carbocycles. The second-order valence-electron chi connectivity index (χ2n) is 2.54. The first kappa shape index (κ1) is 9.19. The topological polar surface area (TPSA) is 25.2 Å². The summed E-state index contributed by atoms with van der Waals surface area (Å²) in [5.41, 5.74) is 0. The van der Waals surface area contributed by atoms with Crippen LogP contribution in [-0.2, 0) is 0 Å². The minimum absolute atomic E-state index is 0.158. The molecule has 0 fully saturated rings. The molecule has 2 nitrogen and oxygen atoms in total. The van der Waals surface area contributed by atoms with E-state index in [1.165, 1.54) is 6.26 Å². The third-order valence-electron chi connectivity index (χ3n) is 1.55. The lowest BCUT2D eigenvalue weighted by molar-refractivity contribution is 0.141. The predicted molar refractivity (Wildman–Crippen MR) is 41.1 cm³/mol. The van der Waals surface area contributed by atoms with Crippen molar-refractivity contribution in [3.63, 3.8) is 0 Å². The van der Waals surface area contributed by atoms with Crippen molar-refractivity contribution >= 4 is 0 Å². The maximum absolute atomic E-state index is 11.7. The second kappa shape index (κ2) is 4.21. The van der Waals surface area contributed by atoms with Gasteiger partial charge in [-0.3, -0.25) is 0 Å². The normalized spacial score (nSPS) is 13.7. The van der Waals surface area contributed by atoms with Crippen LogP contribution in [0.5, 0.6) is 0 Å². The Morgan fingerprint density at radius 1 is 1.58 bits per heavy atom. The fraction of sp³-hybridized carbons (Fsp3) is 0.500. The monoisotopic (exact) mass is 175 g/mol. The molecule has 4 heteroatoms. The average molecular weight is 175 g/mol. The number of nitrogens with one attached hydrogen (secondary N) is 1. The molecule has 0 aliphatic heterocycles. The molecule has 0 radical (unpaired) electrons. The molecule has 1 N–H and O–H groups in total. The van der Waals surface area contributed by atoms with Crippen LogP contribution in [-0.4, -0.2) is 13.0 Å². The summed E-state index contributed by atoms with van der Waals surface area (Å²) < 4.78 is 28.5. The average Bonchev–Trinajstić information content (AvgIpc) is 2.51. The Kier molecular flexibility index (Phi) is 3.22. The second-order valence-corrected chi connectivity index (χ2v) is 2.54. The van der Waals surface area contributed by atoms with E-state index in [9.17, 15) is 8.78 Å². The van der Waals surface area contributed by atoms with E-state index in [1.807, 2.05) is 0 Å². The zero-order valence-corrected chi connectivity index (χ0v) is 6.76. The SMILES string of the molecule is C[C@@H](NCC(F)F)c1ccco1. The Hall–Kier alpha value is -0.900. The highest BCUT2D eigenvalue weighted by Crippen LogP contribution is 2.11. The van der Waals surface area contributed by atoms with Crippen molar-refractivity contribution in [3.8, 4) is 0 Å². The van der Waals surface area contributed by atoms with Crippen LogP contribution in [0.25, 0.3) is 0 Å². The molecule has 0 amide bonds. The first-order chi connectivity index (χ1) is 5.70. The van der Waals surface area contributed by atoms with E-state index in [0.29, 0.717) is 5.76 Å². The van der Waals surface area contributed by atoms with Crippen molar-refractivity contribution in [2.45, 2.75) is 19.4 Å². The number of rotatable bonds is 4. The van der Waals surface area contributed by atoms with E-state index in [1.54, 1.807) is 19.1 Å². The van der Waals surface area contributed by atoms with Gasteiger partial charge in [-0.15, -0.1) is 0 Å². The third kappa shape index (κ3) is 2.62. The van der Waals surface area contributed by atoms with Crippen LogP contribution < -0.4 is 5.32 Å². The van der Waals surface area contributed by atoms with E-state index in [2.05, 4.69) is 5.32 Å². The van der Waals surface area contributed by atoms with Gasteiger partial charge in [-0.2, -0.15) is 0 Å². The molecule has 0 saturated heterocycles. The van der Waals surface area contributed by atoms with Gasteiger partial charge in [0, 0.05) is 0 Å². The molecule has 1 aromatic rings. The van der Waals surface area contributed by atoms with Crippen LogP contribution in [0.4, 0.5) is 8.78 Å². The maximum atomic E-state index is 11.7. The highest BCUT2D eigenvalue weighted by Gasteiger charge is 2.09. The molecule has 0 unspecified atom stereocenters. The van der Waals surface area contributed by atoms with Gasteiger partial charge in [0.2, 0.25) is 0 Å². The zero-order valence-electron chi connectivity index (χ0n) is 6.76. The smallest absolute Gasteiger partial charge is 0.250 e. The standard InChI is InChI=1S/C8H11F2NO/c1-6(11-5-8(9)10)7-3-2-4-12-7/h2-4,6,8,11H,5H2,1H3/t6-/m1/s1. The number of alkyl halides is 2. The van der Waals surface area contributed by atoms with Crippen molar-refractivity contribution in [1.82, 2.24) is 5.32 Å². The van der Waals surface area contributed by atoms with E-state index < -0.39 is 6.43 Å². The zero-order chi connectivity index (χ0) is 8.97. The van der Waals surface area contributed by atoms with Crippen LogP contribution in [0.15, 0.2) is 22.8 Å². The van der Waals surface area contributed by atoms with Crippen molar-refractivity contribution in [2.75, 3.05) is 6.54 Å². The lowest BCUT2D eigenvalue weighted by Crippen LogP contribution is -2.24. The van der Waals surface area contributed by atoms with Crippen molar-refractivity contribution < 1.29 is 13.2 Å². The summed E-state index contributed by atoms with van der Waals surface area (Å²) >= 11 is 0.